The van der Waals surface area contributed by atoms with E-state index < -0.39 is 22.8 Å². The Bertz CT molecular complexity index is 1510. The normalized spacial score (nSPS) is 14.3. The third kappa shape index (κ3) is 5.85. The van der Waals surface area contributed by atoms with Crippen molar-refractivity contribution in [1.29, 1.82) is 0 Å². The van der Waals surface area contributed by atoms with E-state index in [9.17, 15) is 24.5 Å². The number of rotatable bonds is 9. The molecule has 1 aliphatic heterocycles. The summed E-state index contributed by atoms with van der Waals surface area (Å²) in [4.78, 5) is 49.7. The first kappa shape index (κ1) is 26.8. The van der Waals surface area contributed by atoms with Crippen LogP contribution < -0.4 is 19.7 Å². The van der Waals surface area contributed by atoms with Crippen molar-refractivity contribution in [3.63, 3.8) is 0 Å². The second-order valence-corrected chi connectivity index (χ2v) is 8.71. The lowest BCUT2D eigenvalue weighted by Gasteiger charge is -2.26. The summed E-state index contributed by atoms with van der Waals surface area (Å²) in [5, 5.41) is 13.3. The molecule has 1 fully saturated rings. The predicted molar refractivity (Wildman–Crippen MR) is 145 cm³/mol. The van der Waals surface area contributed by atoms with Crippen LogP contribution >= 0.6 is 0 Å². The van der Waals surface area contributed by atoms with Gasteiger partial charge in [0.05, 0.1) is 17.7 Å². The Hall–Kier alpha value is -5.25. The summed E-state index contributed by atoms with van der Waals surface area (Å²) >= 11 is 0. The largest absolute Gasteiger partial charge is 0.493 e. The molecule has 0 aliphatic carbocycles. The number of anilines is 1. The van der Waals surface area contributed by atoms with E-state index in [1.807, 2.05) is 31.2 Å². The standard InChI is InChI=1S/C29H25N3O7/c1-4-6-21-13-20(15-25(38-3)26(21)39-17-19-11-9-18(2)10-12-19)14-24-27(33)30-29(35)31(28(24)34)22-7-5-8-23(16-22)32(36)37/h4-5,7-16H,1,6,17H2,2-3H3,(H,30,33,35)/b24-14+. The molecule has 0 saturated carbocycles. The van der Waals surface area contributed by atoms with Gasteiger partial charge in [-0.3, -0.25) is 25.0 Å². The molecule has 198 valence electrons. The average Bonchev–Trinajstić information content (AvgIpc) is 2.91. The first-order valence-electron chi connectivity index (χ1n) is 11.9. The lowest BCUT2D eigenvalue weighted by Crippen LogP contribution is -2.54. The number of non-ortho nitro benzene ring substituents is 1. The number of imide groups is 2. The molecule has 1 saturated heterocycles. The fourth-order valence-electron chi connectivity index (χ4n) is 4.03. The summed E-state index contributed by atoms with van der Waals surface area (Å²) < 4.78 is 11.7. The van der Waals surface area contributed by atoms with Crippen LogP contribution in [0.15, 0.2) is 78.9 Å². The van der Waals surface area contributed by atoms with Gasteiger partial charge in [-0.1, -0.05) is 42.0 Å². The summed E-state index contributed by atoms with van der Waals surface area (Å²) in [7, 11) is 1.48. The zero-order valence-corrected chi connectivity index (χ0v) is 21.3. The van der Waals surface area contributed by atoms with E-state index in [-0.39, 0.29) is 16.9 Å². The number of benzene rings is 3. The highest BCUT2D eigenvalue weighted by atomic mass is 16.6. The van der Waals surface area contributed by atoms with Crippen LogP contribution in [-0.4, -0.2) is 29.9 Å². The van der Waals surface area contributed by atoms with Crippen LogP contribution in [-0.2, 0) is 22.6 Å². The van der Waals surface area contributed by atoms with E-state index >= 15 is 0 Å². The Balaban J connectivity index is 1.70. The minimum absolute atomic E-state index is 0.0464. The summed E-state index contributed by atoms with van der Waals surface area (Å²) in [6.07, 6.45) is 3.42. The van der Waals surface area contributed by atoms with Gasteiger partial charge in [-0.2, -0.15) is 0 Å². The smallest absolute Gasteiger partial charge is 0.335 e. The van der Waals surface area contributed by atoms with Crippen molar-refractivity contribution in [1.82, 2.24) is 5.32 Å². The quantitative estimate of drug-likeness (QED) is 0.138. The number of urea groups is 1. The number of carbonyl (C=O) groups is 3. The second kappa shape index (κ2) is 11.4. The highest BCUT2D eigenvalue weighted by Crippen LogP contribution is 2.35. The lowest BCUT2D eigenvalue weighted by molar-refractivity contribution is -0.384. The molecular weight excluding hydrogens is 502 g/mol. The minimum atomic E-state index is -1.01. The van der Waals surface area contributed by atoms with Crippen LogP contribution in [0.25, 0.3) is 6.08 Å². The first-order chi connectivity index (χ1) is 18.7. The Morgan fingerprint density at radius 2 is 1.82 bits per heavy atom. The van der Waals surface area contributed by atoms with Crippen molar-refractivity contribution in [2.24, 2.45) is 0 Å². The lowest BCUT2D eigenvalue weighted by atomic mass is 10.0. The molecule has 39 heavy (non-hydrogen) atoms. The maximum atomic E-state index is 13.3. The van der Waals surface area contributed by atoms with Gasteiger partial charge in [0.15, 0.2) is 11.5 Å². The van der Waals surface area contributed by atoms with Crippen molar-refractivity contribution in [2.75, 3.05) is 12.0 Å². The highest BCUT2D eigenvalue weighted by molar-refractivity contribution is 6.39. The number of nitrogens with zero attached hydrogens (tertiary/aromatic N) is 2. The molecule has 0 bridgehead atoms. The molecule has 0 unspecified atom stereocenters. The van der Waals surface area contributed by atoms with Crippen molar-refractivity contribution >= 4 is 35.3 Å². The third-order valence-electron chi connectivity index (χ3n) is 5.95. The molecule has 1 aliphatic rings. The van der Waals surface area contributed by atoms with Crippen molar-refractivity contribution in [3.05, 3.63) is 111 Å². The van der Waals surface area contributed by atoms with Crippen LogP contribution in [0.3, 0.4) is 0 Å². The number of aryl methyl sites for hydroxylation is 1. The van der Waals surface area contributed by atoms with E-state index in [1.165, 1.54) is 31.4 Å². The number of methoxy groups -OCH3 is 1. The van der Waals surface area contributed by atoms with Crippen LogP contribution in [0.5, 0.6) is 11.5 Å². The Labute approximate surface area is 224 Å². The number of nitro groups is 1. The summed E-state index contributed by atoms with van der Waals surface area (Å²) in [6, 6.07) is 15.3. The van der Waals surface area contributed by atoms with Crippen LogP contribution in [0.2, 0.25) is 0 Å². The molecule has 4 rings (SSSR count). The Morgan fingerprint density at radius 1 is 1.08 bits per heavy atom. The van der Waals surface area contributed by atoms with Gasteiger partial charge in [0.2, 0.25) is 0 Å². The SMILES string of the molecule is C=CCc1cc(/C=C2\C(=O)NC(=O)N(c3cccc([N+](=O)[O-])c3)C2=O)cc(OC)c1OCc1ccc(C)cc1. The van der Waals surface area contributed by atoms with Gasteiger partial charge in [0, 0.05) is 17.7 Å². The van der Waals surface area contributed by atoms with Gasteiger partial charge in [-0.25, -0.2) is 9.69 Å². The number of carbonyl (C=O) groups excluding carboxylic acids is 3. The van der Waals surface area contributed by atoms with E-state index in [0.29, 0.717) is 40.6 Å². The summed E-state index contributed by atoms with van der Waals surface area (Å²) in [5.41, 5.74) is 2.56. The molecule has 4 amide bonds. The van der Waals surface area contributed by atoms with Crippen LogP contribution in [0, 0.1) is 17.0 Å². The fraction of sp³-hybridized carbons (Fsp3) is 0.138. The van der Waals surface area contributed by atoms with E-state index in [1.54, 1.807) is 18.2 Å². The number of hydrogen-bond donors (Lipinski definition) is 1. The molecule has 0 radical (unpaired) electrons. The number of nitrogens with one attached hydrogen (secondary N) is 1. The average molecular weight is 528 g/mol. The molecule has 0 spiro atoms. The van der Waals surface area contributed by atoms with Gasteiger partial charge in [-0.05, 0) is 48.7 Å². The molecule has 3 aromatic carbocycles. The first-order valence-corrected chi connectivity index (χ1v) is 11.9. The van der Waals surface area contributed by atoms with E-state index in [4.69, 9.17) is 9.47 Å². The van der Waals surface area contributed by atoms with Crippen molar-refractivity contribution < 1.29 is 28.8 Å². The topological polar surface area (TPSA) is 128 Å². The van der Waals surface area contributed by atoms with E-state index in [2.05, 4.69) is 11.9 Å². The highest BCUT2D eigenvalue weighted by Gasteiger charge is 2.37. The van der Waals surface area contributed by atoms with Crippen molar-refractivity contribution in [2.45, 2.75) is 20.0 Å². The maximum Gasteiger partial charge on any atom is 0.335 e. The Kier molecular flexibility index (Phi) is 7.85. The number of amides is 4. The molecule has 3 aromatic rings. The zero-order valence-electron chi connectivity index (χ0n) is 21.3. The number of nitro benzene ring substituents is 1. The summed E-state index contributed by atoms with van der Waals surface area (Å²) in [6.45, 7) is 6.09. The fourth-order valence-corrected chi connectivity index (χ4v) is 4.03. The molecule has 1 heterocycles. The monoisotopic (exact) mass is 527 g/mol. The maximum absolute atomic E-state index is 13.3. The second-order valence-electron chi connectivity index (χ2n) is 8.71. The molecular formula is C29H25N3O7. The number of allylic oxidation sites excluding steroid dienone is 1. The van der Waals surface area contributed by atoms with E-state index in [0.717, 1.165) is 17.2 Å². The van der Waals surface area contributed by atoms with Crippen LogP contribution in [0.1, 0.15) is 22.3 Å². The number of ether oxygens (including phenoxy) is 2. The van der Waals surface area contributed by atoms with Gasteiger partial charge < -0.3 is 9.47 Å². The molecule has 1 N–H and O–H groups in total. The van der Waals surface area contributed by atoms with Gasteiger partial charge in [0.25, 0.3) is 17.5 Å². The van der Waals surface area contributed by atoms with Gasteiger partial charge >= 0.3 is 6.03 Å². The van der Waals surface area contributed by atoms with Gasteiger partial charge in [-0.15, -0.1) is 6.58 Å². The third-order valence-corrected chi connectivity index (χ3v) is 5.95. The van der Waals surface area contributed by atoms with Gasteiger partial charge in [0.1, 0.15) is 12.2 Å². The number of hydrogen-bond acceptors (Lipinski definition) is 7. The van der Waals surface area contributed by atoms with Crippen molar-refractivity contribution in [3.8, 4) is 11.5 Å². The molecule has 10 nitrogen and oxygen atoms in total. The zero-order chi connectivity index (χ0) is 28.1. The number of barbiturate groups is 1. The predicted octanol–water partition coefficient (Wildman–Crippen LogP) is 4.89. The molecule has 0 aromatic heterocycles. The molecule has 0 atom stereocenters. The molecule has 10 heteroatoms. The minimum Gasteiger partial charge on any atom is -0.493 e. The Morgan fingerprint density at radius 3 is 2.49 bits per heavy atom. The van der Waals surface area contributed by atoms with Crippen LogP contribution in [0.4, 0.5) is 16.2 Å². The summed E-state index contributed by atoms with van der Waals surface area (Å²) in [5.74, 6) is -0.944.